The second-order valence-electron chi connectivity index (χ2n) is 7.53. The van der Waals surface area contributed by atoms with Crippen LogP contribution in [0.4, 0.5) is 5.82 Å². The minimum absolute atomic E-state index is 0.828. The first kappa shape index (κ1) is 17.0. The second-order valence-corrected chi connectivity index (χ2v) is 7.53. The lowest BCUT2D eigenvalue weighted by Gasteiger charge is -2.17. The van der Waals surface area contributed by atoms with Crippen LogP contribution in [0.15, 0.2) is 24.7 Å². The number of hydrogen-bond acceptors (Lipinski definition) is 5. The summed E-state index contributed by atoms with van der Waals surface area (Å²) in [6.07, 6.45) is 8.12. The predicted molar refractivity (Wildman–Crippen MR) is 108 cm³/mol. The Morgan fingerprint density at radius 3 is 2.64 bits per heavy atom. The molecular formula is C20H24N8. The van der Waals surface area contributed by atoms with Crippen LogP contribution in [0.5, 0.6) is 0 Å². The molecule has 5 rings (SSSR count). The molecule has 144 valence electrons. The highest BCUT2D eigenvalue weighted by Gasteiger charge is 2.25. The van der Waals surface area contributed by atoms with Crippen molar-refractivity contribution in [3.63, 3.8) is 0 Å². The van der Waals surface area contributed by atoms with Gasteiger partial charge >= 0.3 is 0 Å². The van der Waals surface area contributed by atoms with Gasteiger partial charge in [-0.1, -0.05) is 0 Å². The van der Waals surface area contributed by atoms with Crippen molar-refractivity contribution in [1.82, 2.24) is 33.9 Å². The van der Waals surface area contributed by atoms with Gasteiger partial charge in [-0.3, -0.25) is 9.25 Å². The summed E-state index contributed by atoms with van der Waals surface area (Å²) in [6, 6.07) is 2.03. The second kappa shape index (κ2) is 6.19. The Morgan fingerprint density at radius 1 is 1.07 bits per heavy atom. The molecule has 1 fully saturated rings. The molecule has 0 bridgehead atoms. The number of fused-ring (bicyclic) bond motifs is 1. The van der Waals surface area contributed by atoms with Crippen LogP contribution in [0, 0.1) is 20.8 Å². The molecule has 4 aromatic heterocycles. The molecule has 0 aromatic carbocycles. The standard InChI is InChI=1S/C20H24N8/c1-13-11-14(2)28-19(23-13)16(12-22-28)18-21-7-10-27(18)17-15(3)25(4)24-20(17)26-8-5-6-9-26/h7,10-12H,5-6,8-9H2,1-4H3. The quantitative estimate of drug-likeness (QED) is 0.550. The van der Waals surface area contributed by atoms with Crippen molar-refractivity contribution in [2.45, 2.75) is 33.6 Å². The average molecular weight is 376 g/mol. The SMILES string of the molecule is Cc1cc(C)n2ncc(-c3nccn3-c3c(N4CCCC4)nn(C)c3C)c2n1. The van der Waals surface area contributed by atoms with Gasteiger partial charge in [-0.25, -0.2) is 14.5 Å². The molecule has 1 aliphatic heterocycles. The zero-order valence-corrected chi connectivity index (χ0v) is 16.7. The number of nitrogens with zero attached hydrogens (tertiary/aromatic N) is 8. The number of rotatable bonds is 3. The van der Waals surface area contributed by atoms with Crippen molar-refractivity contribution in [1.29, 1.82) is 0 Å². The number of aromatic nitrogens is 7. The normalized spacial score (nSPS) is 14.5. The summed E-state index contributed by atoms with van der Waals surface area (Å²) in [5, 5.41) is 9.37. The fourth-order valence-electron chi connectivity index (χ4n) is 4.11. The molecule has 0 spiro atoms. The maximum Gasteiger partial charge on any atom is 0.175 e. The Labute approximate surface area is 163 Å². The van der Waals surface area contributed by atoms with E-state index in [1.807, 2.05) is 54.7 Å². The Kier molecular flexibility index (Phi) is 3.75. The van der Waals surface area contributed by atoms with E-state index in [0.717, 1.165) is 58.7 Å². The van der Waals surface area contributed by atoms with Crippen molar-refractivity contribution < 1.29 is 0 Å². The average Bonchev–Trinajstić information content (AvgIpc) is 3.42. The van der Waals surface area contributed by atoms with E-state index in [-0.39, 0.29) is 0 Å². The van der Waals surface area contributed by atoms with Crippen LogP contribution in [0.3, 0.4) is 0 Å². The molecule has 0 atom stereocenters. The predicted octanol–water partition coefficient (Wildman–Crippen LogP) is 2.84. The maximum atomic E-state index is 4.82. The molecule has 28 heavy (non-hydrogen) atoms. The fourth-order valence-corrected chi connectivity index (χ4v) is 4.11. The van der Waals surface area contributed by atoms with E-state index < -0.39 is 0 Å². The fraction of sp³-hybridized carbons (Fsp3) is 0.400. The highest BCUT2D eigenvalue weighted by molar-refractivity contribution is 5.75. The summed E-state index contributed by atoms with van der Waals surface area (Å²) in [5.41, 5.74) is 5.97. The van der Waals surface area contributed by atoms with Crippen molar-refractivity contribution >= 4 is 11.5 Å². The minimum Gasteiger partial charge on any atom is -0.353 e. The van der Waals surface area contributed by atoms with Crippen molar-refractivity contribution in [2.75, 3.05) is 18.0 Å². The molecule has 0 amide bonds. The Morgan fingerprint density at radius 2 is 1.86 bits per heavy atom. The smallest absolute Gasteiger partial charge is 0.175 e. The highest BCUT2D eigenvalue weighted by Crippen LogP contribution is 2.33. The third-order valence-corrected chi connectivity index (χ3v) is 5.59. The molecule has 8 nitrogen and oxygen atoms in total. The van der Waals surface area contributed by atoms with Crippen LogP contribution in [0.25, 0.3) is 22.7 Å². The molecule has 1 saturated heterocycles. The van der Waals surface area contributed by atoms with Gasteiger partial charge in [0.2, 0.25) is 0 Å². The molecule has 0 aliphatic carbocycles. The van der Waals surface area contributed by atoms with Crippen LogP contribution < -0.4 is 4.90 Å². The van der Waals surface area contributed by atoms with Crippen LogP contribution in [-0.4, -0.2) is 47.0 Å². The summed E-state index contributed by atoms with van der Waals surface area (Å²) in [7, 11) is 2.00. The molecule has 4 aromatic rings. The first-order chi connectivity index (χ1) is 13.5. The molecule has 0 unspecified atom stereocenters. The van der Waals surface area contributed by atoms with E-state index in [4.69, 9.17) is 10.1 Å². The van der Waals surface area contributed by atoms with E-state index >= 15 is 0 Å². The lowest BCUT2D eigenvalue weighted by Crippen LogP contribution is -2.20. The van der Waals surface area contributed by atoms with Gasteiger partial charge in [-0.2, -0.15) is 10.2 Å². The lowest BCUT2D eigenvalue weighted by atomic mass is 10.2. The zero-order valence-electron chi connectivity index (χ0n) is 16.7. The summed E-state index contributed by atoms with van der Waals surface area (Å²) in [6.45, 7) is 8.25. The van der Waals surface area contributed by atoms with Crippen molar-refractivity contribution in [3.05, 3.63) is 41.7 Å². The Balaban J connectivity index is 1.72. The Hall–Kier alpha value is -3.16. The summed E-state index contributed by atoms with van der Waals surface area (Å²) >= 11 is 0. The van der Waals surface area contributed by atoms with E-state index in [9.17, 15) is 0 Å². The summed E-state index contributed by atoms with van der Waals surface area (Å²) in [4.78, 5) is 11.8. The monoisotopic (exact) mass is 376 g/mol. The topological polar surface area (TPSA) is 69.1 Å². The largest absolute Gasteiger partial charge is 0.353 e. The number of anilines is 1. The molecule has 8 heteroatoms. The number of imidazole rings is 1. The van der Waals surface area contributed by atoms with Gasteiger partial charge in [-0.15, -0.1) is 0 Å². The van der Waals surface area contributed by atoms with Crippen LogP contribution in [0.2, 0.25) is 0 Å². The van der Waals surface area contributed by atoms with Gasteiger partial charge in [0.25, 0.3) is 0 Å². The molecule has 0 radical (unpaired) electrons. The van der Waals surface area contributed by atoms with E-state index in [1.54, 1.807) is 0 Å². The summed E-state index contributed by atoms with van der Waals surface area (Å²) in [5.74, 6) is 1.86. The van der Waals surface area contributed by atoms with Crippen LogP contribution in [0.1, 0.15) is 29.9 Å². The Bertz CT molecular complexity index is 1170. The van der Waals surface area contributed by atoms with Gasteiger partial charge in [0.05, 0.1) is 17.5 Å². The van der Waals surface area contributed by atoms with Gasteiger partial charge in [-0.05, 0) is 39.7 Å². The third kappa shape index (κ3) is 2.44. The maximum absolute atomic E-state index is 4.82. The van der Waals surface area contributed by atoms with E-state index in [1.165, 1.54) is 12.8 Å². The zero-order chi connectivity index (χ0) is 19.4. The first-order valence-corrected chi connectivity index (χ1v) is 9.69. The third-order valence-electron chi connectivity index (χ3n) is 5.59. The molecule has 5 heterocycles. The lowest BCUT2D eigenvalue weighted by molar-refractivity contribution is 0.730. The number of aryl methyl sites for hydroxylation is 3. The van der Waals surface area contributed by atoms with Gasteiger partial charge in [0.1, 0.15) is 11.5 Å². The summed E-state index contributed by atoms with van der Waals surface area (Å²) < 4.78 is 5.96. The van der Waals surface area contributed by atoms with Crippen molar-refractivity contribution in [2.24, 2.45) is 7.05 Å². The van der Waals surface area contributed by atoms with Crippen molar-refractivity contribution in [3.8, 4) is 17.1 Å². The van der Waals surface area contributed by atoms with E-state index in [2.05, 4.69) is 26.5 Å². The minimum atomic E-state index is 0.828. The van der Waals surface area contributed by atoms with Gasteiger partial charge in [0, 0.05) is 43.9 Å². The molecular weight excluding hydrogens is 352 g/mol. The molecule has 0 saturated carbocycles. The molecule has 0 N–H and O–H groups in total. The van der Waals surface area contributed by atoms with E-state index in [0.29, 0.717) is 0 Å². The van der Waals surface area contributed by atoms with Crippen LogP contribution in [-0.2, 0) is 7.05 Å². The highest BCUT2D eigenvalue weighted by atomic mass is 15.4. The van der Waals surface area contributed by atoms with Gasteiger partial charge in [0.15, 0.2) is 11.5 Å². The van der Waals surface area contributed by atoms with Gasteiger partial charge < -0.3 is 4.90 Å². The van der Waals surface area contributed by atoms with Crippen LogP contribution >= 0.6 is 0 Å². The molecule has 1 aliphatic rings. The first-order valence-electron chi connectivity index (χ1n) is 9.69. The number of hydrogen-bond donors (Lipinski definition) is 0.